The van der Waals surface area contributed by atoms with Gasteiger partial charge in [0.1, 0.15) is 22.4 Å². The number of hydrogen-bond donors (Lipinski definition) is 1. The molecule has 4 aromatic heterocycles. The van der Waals surface area contributed by atoms with E-state index in [2.05, 4.69) is 25.4 Å². The zero-order chi connectivity index (χ0) is 19.1. The molecule has 0 aliphatic carbocycles. The van der Waals surface area contributed by atoms with Gasteiger partial charge in [-0.25, -0.2) is 18.7 Å². The Hall–Kier alpha value is -3.42. The Kier molecular flexibility index (Phi) is 4.02. The van der Waals surface area contributed by atoms with Crippen molar-refractivity contribution in [1.82, 2.24) is 24.7 Å². The summed E-state index contributed by atoms with van der Waals surface area (Å²) in [6.07, 6.45) is 4.44. The van der Waals surface area contributed by atoms with E-state index in [0.717, 1.165) is 11.8 Å². The molecular weight excluding hydrogens is 350 g/mol. The van der Waals surface area contributed by atoms with Crippen LogP contribution in [-0.4, -0.2) is 24.7 Å². The summed E-state index contributed by atoms with van der Waals surface area (Å²) in [5.41, 5.74) is 3.73. The molecule has 0 aliphatic rings. The van der Waals surface area contributed by atoms with Gasteiger partial charge in [-0.2, -0.15) is 5.10 Å². The second-order valence-electron chi connectivity index (χ2n) is 6.31. The monoisotopic (exact) mass is 366 g/mol. The summed E-state index contributed by atoms with van der Waals surface area (Å²) in [5, 5.41) is 7.33. The van der Waals surface area contributed by atoms with Gasteiger partial charge in [0.05, 0.1) is 18.1 Å². The Bertz CT molecular complexity index is 1170. The number of nitrogens with zero attached hydrogens (tertiary/aromatic N) is 5. The molecule has 1 N–H and O–H groups in total. The maximum absolute atomic E-state index is 14.4. The second-order valence-corrected chi connectivity index (χ2v) is 6.31. The highest BCUT2D eigenvalue weighted by molar-refractivity contribution is 5.90. The quantitative estimate of drug-likeness (QED) is 0.592. The molecule has 136 valence electrons. The van der Waals surface area contributed by atoms with Crippen LogP contribution in [0.25, 0.3) is 22.4 Å². The maximum atomic E-state index is 14.4. The first-order chi connectivity index (χ1) is 12.9. The van der Waals surface area contributed by atoms with Gasteiger partial charge in [0, 0.05) is 24.6 Å². The average Bonchev–Trinajstić information content (AvgIpc) is 3.02. The molecule has 0 aliphatic heterocycles. The van der Waals surface area contributed by atoms with Crippen LogP contribution < -0.4 is 5.32 Å². The number of anilines is 2. The van der Waals surface area contributed by atoms with E-state index in [0.29, 0.717) is 28.1 Å². The lowest BCUT2D eigenvalue weighted by Crippen LogP contribution is -2.01. The standard InChI is InChI=1S/C19H16F2N6/c1-10-7-22-15(17-12(20)5-4-11(2)24-17)6-14(10)25-18-13(21)8-23-16-9-27(3)26-19(16)18/h4-9H,1-3H3,(H,22,25). The number of hydrogen-bond acceptors (Lipinski definition) is 5. The number of fused-ring (bicyclic) bond motifs is 1. The summed E-state index contributed by atoms with van der Waals surface area (Å²) in [6.45, 7) is 3.61. The van der Waals surface area contributed by atoms with Crippen LogP contribution in [0.5, 0.6) is 0 Å². The zero-order valence-electron chi connectivity index (χ0n) is 15.0. The highest BCUT2D eigenvalue weighted by Crippen LogP contribution is 2.30. The molecule has 4 heterocycles. The molecule has 0 unspecified atom stereocenters. The predicted molar refractivity (Wildman–Crippen MR) is 98.6 cm³/mol. The molecule has 6 nitrogen and oxygen atoms in total. The van der Waals surface area contributed by atoms with E-state index >= 15 is 0 Å². The topological polar surface area (TPSA) is 68.5 Å². The van der Waals surface area contributed by atoms with Gasteiger partial charge in [0.15, 0.2) is 11.6 Å². The molecule has 4 aromatic rings. The van der Waals surface area contributed by atoms with Crippen LogP contribution in [0.15, 0.2) is 36.8 Å². The summed E-state index contributed by atoms with van der Waals surface area (Å²) in [7, 11) is 1.74. The van der Waals surface area contributed by atoms with Crippen molar-refractivity contribution in [3.63, 3.8) is 0 Å². The van der Waals surface area contributed by atoms with E-state index < -0.39 is 11.6 Å². The molecule has 0 saturated heterocycles. The lowest BCUT2D eigenvalue weighted by molar-refractivity contribution is 0.624. The minimum atomic E-state index is -0.529. The maximum Gasteiger partial charge on any atom is 0.167 e. The molecule has 0 spiro atoms. The van der Waals surface area contributed by atoms with E-state index in [1.54, 1.807) is 43.2 Å². The molecule has 0 bridgehead atoms. The normalized spacial score (nSPS) is 11.1. The molecule has 8 heteroatoms. The van der Waals surface area contributed by atoms with Gasteiger partial charge in [0.2, 0.25) is 0 Å². The van der Waals surface area contributed by atoms with Gasteiger partial charge in [-0.15, -0.1) is 0 Å². The van der Waals surface area contributed by atoms with Crippen LogP contribution in [0.4, 0.5) is 20.2 Å². The summed E-state index contributed by atoms with van der Waals surface area (Å²) in [4.78, 5) is 12.5. The number of nitrogens with one attached hydrogen (secondary N) is 1. The third-order valence-electron chi connectivity index (χ3n) is 4.19. The Labute approximate surface area is 153 Å². The van der Waals surface area contributed by atoms with Crippen LogP contribution in [0.3, 0.4) is 0 Å². The van der Waals surface area contributed by atoms with Crippen molar-refractivity contribution >= 4 is 22.4 Å². The Morgan fingerprint density at radius 1 is 1.04 bits per heavy atom. The van der Waals surface area contributed by atoms with Gasteiger partial charge >= 0.3 is 0 Å². The van der Waals surface area contributed by atoms with Gasteiger partial charge in [-0.1, -0.05) is 0 Å². The summed E-state index contributed by atoms with van der Waals surface area (Å²) in [5.74, 6) is -0.996. The van der Waals surface area contributed by atoms with Crippen LogP contribution in [-0.2, 0) is 7.05 Å². The molecule has 0 amide bonds. The first-order valence-corrected chi connectivity index (χ1v) is 8.27. The van der Waals surface area contributed by atoms with Crippen molar-refractivity contribution in [2.24, 2.45) is 7.05 Å². The first-order valence-electron chi connectivity index (χ1n) is 8.27. The van der Waals surface area contributed by atoms with Crippen molar-refractivity contribution in [2.45, 2.75) is 13.8 Å². The van der Waals surface area contributed by atoms with Crippen LogP contribution >= 0.6 is 0 Å². The third kappa shape index (κ3) is 3.10. The molecule has 0 atom stereocenters. The van der Waals surface area contributed by atoms with E-state index in [1.165, 1.54) is 6.07 Å². The van der Waals surface area contributed by atoms with Crippen LogP contribution in [0.2, 0.25) is 0 Å². The largest absolute Gasteiger partial charge is 0.351 e. The summed E-state index contributed by atoms with van der Waals surface area (Å²) in [6, 6.07) is 4.59. The second kappa shape index (κ2) is 6.39. The predicted octanol–water partition coefficient (Wildman–Crippen LogP) is 4.06. The number of halogens is 2. The molecule has 0 radical (unpaired) electrons. The minimum absolute atomic E-state index is 0.149. The number of aryl methyl sites for hydroxylation is 3. The van der Waals surface area contributed by atoms with Crippen molar-refractivity contribution in [1.29, 1.82) is 0 Å². The summed E-state index contributed by atoms with van der Waals surface area (Å²) < 4.78 is 30.2. The summed E-state index contributed by atoms with van der Waals surface area (Å²) >= 11 is 0. The van der Waals surface area contributed by atoms with Gasteiger partial charge in [0.25, 0.3) is 0 Å². The fourth-order valence-electron chi connectivity index (χ4n) is 2.81. The van der Waals surface area contributed by atoms with Gasteiger partial charge < -0.3 is 5.32 Å². The molecule has 0 aromatic carbocycles. The first kappa shape index (κ1) is 17.0. The fraction of sp³-hybridized carbons (Fsp3) is 0.158. The highest BCUT2D eigenvalue weighted by atomic mass is 19.1. The minimum Gasteiger partial charge on any atom is -0.351 e. The van der Waals surface area contributed by atoms with Crippen molar-refractivity contribution < 1.29 is 8.78 Å². The molecular formula is C19H16F2N6. The smallest absolute Gasteiger partial charge is 0.167 e. The number of rotatable bonds is 3. The third-order valence-corrected chi connectivity index (χ3v) is 4.19. The molecule has 27 heavy (non-hydrogen) atoms. The van der Waals surface area contributed by atoms with Crippen molar-refractivity contribution in [3.05, 3.63) is 59.7 Å². The molecule has 0 fully saturated rings. The molecule has 4 rings (SSSR count). The SMILES string of the molecule is Cc1ccc(F)c(-c2cc(Nc3c(F)cnc4cn(C)nc34)c(C)cn2)n1. The number of pyridine rings is 3. The molecule has 0 saturated carbocycles. The Balaban J connectivity index is 1.82. The van der Waals surface area contributed by atoms with Gasteiger partial charge in [-0.05, 0) is 37.6 Å². The van der Waals surface area contributed by atoms with Crippen LogP contribution in [0.1, 0.15) is 11.3 Å². The van der Waals surface area contributed by atoms with E-state index in [9.17, 15) is 8.78 Å². The lowest BCUT2D eigenvalue weighted by Gasteiger charge is -2.12. The average molecular weight is 366 g/mol. The Morgan fingerprint density at radius 2 is 1.85 bits per heavy atom. The van der Waals surface area contributed by atoms with E-state index in [4.69, 9.17) is 0 Å². The van der Waals surface area contributed by atoms with Crippen LogP contribution in [0, 0.1) is 25.5 Å². The lowest BCUT2D eigenvalue weighted by atomic mass is 10.1. The van der Waals surface area contributed by atoms with Crippen molar-refractivity contribution in [3.8, 4) is 11.4 Å². The van der Waals surface area contributed by atoms with E-state index in [1.807, 2.05) is 6.92 Å². The zero-order valence-corrected chi connectivity index (χ0v) is 15.0. The van der Waals surface area contributed by atoms with E-state index in [-0.39, 0.29) is 11.4 Å². The fourth-order valence-corrected chi connectivity index (χ4v) is 2.81. The highest BCUT2D eigenvalue weighted by Gasteiger charge is 2.15. The number of aromatic nitrogens is 5. The van der Waals surface area contributed by atoms with Gasteiger partial charge in [-0.3, -0.25) is 9.67 Å². The Morgan fingerprint density at radius 3 is 2.67 bits per heavy atom. The van der Waals surface area contributed by atoms with Crippen molar-refractivity contribution in [2.75, 3.05) is 5.32 Å².